The molecule has 262 valence electrons. The first kappa shape index (κ1) is 36.6. The van der Waals surface area contributed by atoms with Crippen molar-refractivity contribution < 1.29 is 32.3 Å². The maximum atomic E-state index is 14.5. The van der Waals surface area contributed by atoms with Crippen LogP contribution < -0.4 is 14.8 Å². The fourth-order valence-electron chi connectivity index (χ4n) is 6.69. The third kappa shape index (κ3) is 9.13. The van der Waals surface area contributed by atoms with E-state index in [4.69, 9.17) is 32.7 Å². The number of sulfonamides is 1. The van der Waals surface area contributed by atoms with E-state index >= 15 is 0 Å². The van der Waals surface area contributed by atoms with Crippen LogP contribution in [0.1, 0.15) is 85.5 Å². The van der Waals surface area contributed by atoms with Gasteiger partial charge >= 0.3 is 5.97 Å². The zero-order valence-electron chi connectivity index (χ0n) is 27.9. The summed E-state index contributed by atoms with van der Waals surface area (Å²) in [4.78, 5) is 42.7. The quantitative estimate of drug-likeness (QED) is 0.239. The number of carbonyl (C=O) groups excluding carboxylic acids is 3. The van der Waals surface area contributed by atoms with Crippen molar-refractivity contribution in [2.24, 2.45) is 0 Å². The Hall–Kier alpha value is -3.64. The molecule has 0 radical (unpaired) electrons. The number of rotatable bonds is 10. The highest BCUT2D eigenvalue weighted by Crippen LogP contribution is 2.48. The summed E-state index contributed by atoms with van der Waals surface area (Å²) in [5.41, 5.74) is 1.51. The highest BCUT2D eigenvalue weighted by Gasteiger charge is 2.49. The minimum absolute atomic E-state index is 0.123. The summed E-state index contributed by atoms with van der Waals surface area (Å²) >= 11 is 13.1. The summed E-state index contributed by atoms with van der Waals surface area (Å²) in [6.07, 6.45) is 3.75. The molecule has 10 nitrogen and oxygen atoms in total. The molecule has 3 aromatic carbocycles. The fraction of sp³-hybridized carbons (Fsp3) is 0.417. The second-order valence-corrected chi connectivity index (χ2v) is 16.1. The number of carbonyl (C=O) groups is 3. The van der Waals surface area contributed by atoms with Crippen LogP contribution in [0.3, 0.4) is 0 Å². The lowest BCUT2D eigenvalue weighted by molar-refractivity contribution is -0.157. The molecule has 0 unspecified atom stereocenters. The van der Waals surface area contributed by atoms with Gasteiger partial charge in [0.15, 0.2) is 6.61 Å². The molecular formula is C36H41Cl2N3O7S. The zero-order valence-corrected chi connectivity index (χ0v) is 30.2. The maximum absolute atomic E-state index is 14.5. The van der Waals surface area contributed by atoms with Gasteiger partial charge in [-0.3, -0.25) is 9.59 Å². The summed E-state index contributed by atoms with van der Waals surface area (Å²) < 4.78 is 38.6. The molecule has 13 heteroatoms. The zero-order chi connectivity index (χ0) is 35.5. The minimum atomic E-state index is -3.61. The highest BCUT2D eigenvalue weighted by molar-refractivity contribution is 7.88. The lowest BCUT2D eigenvalue weighted by atomic mass is 9.76. The average molecular weight is 731 g/mol. The van der Waals surface area contributed by atoms with Gasteiger partial charge in [-0.2, -0.15) is 0 Å². The van der Waals surface area contributed by atoms with Crippen LogP contribution in [0.25, 0.3) is 0 Å². The monoisotopic (exact) mass is 729 g/mol. The lowest BCUT2D eigenvalue weighted by Gasteiger charge is -2.49. The minimum Gasteiger partial charge on any atom is -0.482 e. The number of hydrogen-bond acceptors (Lipinski definition) is 7. The predicted octanol–water partition coefficient (Wildman–Crippen LogP) is 6.17. The number of hydrogen-bond donors (Lipinski definition) is 2. The topological polar surface area (TPSA) is 131 Å². The van der Waals surface area contributed by atoms with E-state index in [1.54, 1.807) is 86.3 Å². The normalized spacial score (nSPS) is 21.1. The fourth-order valence-corrected chi connectivity index (χ4v) is 8.03. The molecule has 2 amide bonds. The Balaban J connectivity index is 1.49. The SMILES string of the molecule is CC(C)(C)OC(=O)COc1cccc(CNC(=O)[C@@H]2c3ccccc3C(=O)N([C@H]3CCCC[C@@H]3NS(C)(=O)=O)[C@H]2c2ccc(Cl)cc2Cl)c1. The van der Waals surface area contributed by atoms with Crippen molar-refractivity contribution >= 4 is 51.0 Å². The average Bonchev–Trinajstić information content (AvgIpc) is 3.02. The van der Waals surface area contributed by atoms with E-state index in [2.05, 4.69) is 10.0 Å². The second-order valence-electron chi connectivity index (χ2n) is 13.5. The molecule has 1 heterocycles. The van der Waals surface area contributed by atoms with Gasteiger partial charge in [-0.25, -0.2) is 17.9 Å². The van der Waals surface area contributed by atoms with Crippen molar-refractivity contribution in [1.29, 1.82) is 0 Å². The molecule has 2 aliphatic rings. The molecular weight excluding hydrogens is 689 g/mol. The molecule has 1 saturated carbocycles. The van der Waals surface area contributed by atoms with Gasteiger partial charge in [0.25, 0.3) is 5.91 Å². The predicted molar refractivity (Wildman–Crippen MR) is 188 cm³/mol. The Labute approximate surface area is 297 Å². The van der Waals surface area contributed by atoms with Crippen LogP contribution in [0.4, 0.5) is 0 Å². The smallest absolute Gasteiger partial charge is 0.344 e. The molecule has 2 N–H and O–H groups in total. The number of nitrogens with zero attached hydrogens (tertiary/aromatic N) is 1. The van der Waals surface area contributed by atoms with E-state index in [9.17, 15) is 22.8 Å². The first-order valence-corrected chi connectivity index (χ1v) is 18.8. The van der Waals surface area contributed by atoms with Crippen molar-refractivity contribution in [3.05, 3.63) is 99.0 Å². The summed E-state index contributed by atoms with van der Waals surface area (Å²) in [5.74, 6) is -1.63. The molecule has 49 heavy (non-hydrogen) atoms. The molecule has 1 aliphatic carbocycles. The second kappa shape index (κ2) is 15.1. The highest BCUT2D eigenvalue weighted by atomic mass is 35.5. The van der Waals surface area contributed by atoms with Crippen molar-refractivity contribution in [3.63, 3.8) is 0 Å². The maximum Gasteiger partial charge on any atom is 0.344 e. The van der Waals surface area contributed by atoms with Gasteiger partial charge in [0.05, 0.1) is 18.2 Å². The summed E-state index contributed by atoms with van der Waals surface area (Å²) in [7, 11) is -3.61. The molecule has 4 atom stereocenters. The Morgan fingerprint density at radius 3 is 2.41 bits per heavy atom. The van der Waals surface area contributed by atoms with E-state index in [0.717, 1.165) is 24.7 Å². The van der Waals surface area contributed by atoms with E-state index < -0.39 is 45.6 Å². The van der Waals surface area contributed by atoms with E-state index in [0.29, 0.717) is 40.3 Å². The molecule has 1 aliphatic heterocycles. The number of fused-ring (bicyclic) bond motifs is 1. The third-order valence-corrected chi connectivity index (χ3v) is 9.83. The summed E-state index contributed by atoms with van der Waals surface area (Å²) in [6, 6.07) is 17.0. The van der Waals surface area contributed by atoms with E-state index in [-0.39, 0.29) is 30.0 Å². The first-order chi connectivity index (χ1) is 23.1. The van der Waals surface area contributed by atoms with Gasteiger partial charge in [-0.15, -0.1) is 0 Å². The van der Waals surface area contributed by atoms with Gasteiger partial charge in [-0.05, 0) is 80.6 Å². The van der Waals surface area contributed by atoms with Crippen LogP contribution in [0.5, 0.6) is 5.75 Å². The largest absolute Gasteiger partial charge is 0.482 e. The number of amides is 2. The van der Waals surface area contributed by atoms with Gasteiger partial charge in [0.2, 0.25) is 15.9 Å². The van der Waals surface area contributed by atoms with Crippen LogP contribution in [-0.4, -0.2) is 61.6 Å². The molecule has 0 aromatic heterocycles. The molecule has 1 fully saturated rings. The van der Waals surface area contributed by atoms with Crippen LogP contribution in [0.15, 0.2) is 66.7 Å². The van der Waals surface area contributed by atoms with Gasteiger partial charge in [0.1, 0.15) is 11.4 Å². The van der Waals surface area contributed by atoms with E-state index in [1.807, 2.05) is 6.07 Å². The lowest BCUT2D eigenvalue weighted by Crippen LogP contribution is -2.59. The van der Waals surface area contributed by atoms with Crippen LogP contribution in [0.2, 0.25) is 10.0 Å². The van der Waals surface area contributed by atoms with Gasteiger partial charge in [0, 0.05) is 34.2 Å². The number of esters is 1. The van der Waals surface area contributed by atoms with Crippen LogP contribution >= 0.6 is 23.2 Å². The number of nitrogens with one attached hydrogen (secondary N) is 2. The first-order valence-electron chi connectivity index (χ1n) is 16.2. The number of halogens is 2. The van der Waals surface area contributed by atoms with Crippen molar-refractivity contribution in [1.82, 2.24) is 14.9 Å². The van der Waals surface area contributed by atoms with E-state index in [1.165, 1.54) is 0 Å². The molecule has 0 saturated heterocycles. The Morgan fingerprint density at radius 1 is 0.959 bits per heavy atom. The molecule has 0 bridgehead atoms. The molecule has 0 spiro atoms. The number of benzene rings is 3. The van der Waals surface area contributed by atoms with Crippen LogP contribution in [0, 0.1) is 0 Å². The van der Waals surface area contributed by atoms with Crippen molar-refractivity contribution in [3.8, 4) is 5.75 Å². The Kier molecular flexibility index (Phi) is 11.3. The van der Waals surface area contributed by atoms with Gasteiger partial charge < -0.3 is 19.7 Å². The molecule has 5 rings (SSSR count). The van der Waals surface area contributed by atoms with Crippen molar-refractivity contribution in [2.75, 3.05) is 12.9 Å². The Bertz CT molecular complexity index is 1830. The standard InChI is InChI=1S/C36H41Cl2N3O7S/c1-36(2,3)48-31(42)21-47-24-11-9-10-22(18-24)20-39-34(43)32-25-12-5-6-13-26(25)35(44)41(33(32)27-17-16-23(37)19-28(27)38)30-15-8-7-14-29(30)40-49(4,45)46/h5-6,9-13,16-19,29-30,32-33,40H,7-8,14-15,20-21H2,1-4H3,(H,39,43)/t29-,30-,32+,33-/m0/s1. The Morgan fingerprint density at radius 2 is 1.69 bits per heavy atom. The summed E-state index contributed by atoms with van der Waals surface area (Å²) in [6.45, 7) is 5.19. The third-order valence-electron chi connectivity index (χ3n) is 8.53. The van der Waals surface area contributed by atoms with Crippen molar-refractivity contribution in [2.45, 2.75) is 82.6 Å². The van der Waals surface area contributed by atoms with Gasteiger partial charge in [-0.1, -0.05) is 72.4 Å². The van der Waals surface area contributed by atoms with Crippen LogP contribution in [-0.2, 0) is 30.9 Å². The molecule has 3 aromatic rings. The summed E-state index contributed by atoms with van der Waals surface area (Å²) in [5, 5.41) is 3.72. The number of ether oxygens (including phenoxy) is 2.